The summed E-state index contributed by atoms with van der Waals surface area (Å²) in [6.45, 7) is 0. The number of halogens is 1. The molecule has 4 nitrogen and oxygen atoms in total. The van der Waals surface area contributed by atoms with Gasteiger partial charge in [-0.15, -0.1) is 0 Å². The number of hydrogen-bond donors (Lipinski definition) is 1. The third kappa shape index (κ3) is 1.25. The molecule has 1 heterocycles. The SMILES string of the molecule is O=[N+]([O-])c1cc2[nH]ccc2cc1Cl. The van der Waals surface area contributed by atoms with Gasteiger partial charge in [0.1, 0.15) is 5.02 Å². The summed E-state index contributed by atoms with van der Waals surface area (Å²) in [5.41, 5.74) is 0.646. The van der Waals surface area contributed by atoms with Crippen molar-refractivity contribution in [3.8, 4) is 0 Å². The fourth-order valence-corrected chi connectivity index (χ4v) is 1.44. The third-order valence-electron chi connectivity index (χ3n) is 1.82. The molecule has 0 saturated heterocycles. The van der Waals surface area contributed by atoms with Gasteiger partial charge in [0.15, 0.2) is 0 Å². The molecular weight excluding hydrogens is 192 g/mol. The lowest BCUT2D eigenvalue weighted by Gasteiger charge is -1.94. The topological polar surface area (TPSA) is 58.9 Å². The summed E-state index contributed by atoms with van der Waals surface area (Å²) in [6, 6.07) is 4.81. The van der Waals surface area contributed by atoms with Crippen LogP contribution in [0.3, 0.4) is 0 Å². The van der Waals surface area contributed by atoms with E-state index in [4.69, 9.17) is 11.6 Å². The summed E-state index contributed by atoms with van der Waals surface area (Å²) in [5.74, 6) is 0. The molecule has 0 spiro atoms. The van der Waals surface area contributed by atoms with E-state index in [1.165, 1.54) is 6.07 Å². The molecule has 0 saturated carbocycles. The number of aromatic nitrogens is 1. The van der Waals surface area contributed by atoms with Gasteiger partial charge in [-0.2, -0.15) is 0 Å². The molecule has 1 aromatic carbocycles. The van der Waals surface area contributed by atoms with Crippen LogP contribution in [0.1, 0.15) is 0 Å². The van der Waals surface area contributed by atoms with E-state index in [0.717, 1.165) is 10.9 Å². The fourth-order valence-electron chi connectivity index (χ4n) is 1.20. The number of hydrogen-bond acceptors (Lipinski definition) is 2. The van der Waals surface area contributed by atoms with Crippen LogP contribution in [0, 0.1) is 10.1 Å². The molecule has 2 rings (SSSR count). The van der Waals surface area contributed by atoms with E-state index >= 15 is 0 Å². The van der Waals surface area contributed by atoms with E-state index in [1.807, 2.05) is 6.07 Å². The molecule has 0 aliphatic rings. The van der Waals surface area contributed by atoms with Crippen molar-refractivity contribution in [1.29, 1.82) is 0 Å². The average Bonchev–Trinajstić information content (AvgIpc) is 2.48. The van der Waals surface area contributed by atoms with Gasteiger partial charge in [-0.25, -0.2) is 0 Å². The number of nitro benzene ring substituents is 1. The van der Waals surface area contributed by atoms with Crippen LogP contribution in [0.2, 0.25) is 5.02 Å². The van der Waals surface area contributed by atoms with Crippen LogP contribution in [0.15, 0.2) is 24.4 Å². The van der Waals surface area contributed by atoms with Gasteiger partial charge in [-0.1, -0.05) is 11.6 Å². The molecule has 66 valence electrons. The second kappa shape index (κ2) is 2.74. The number of H-pyrrole nitrogens is 1. The Kier molecular flexibility index (Phi) is 1.70. The van der Waals surface area contributed by atoms with Crippen molar-refractivity contribution in [2.75, 3.05) is 0 Å². The second-order valence-corrected chi connectivity index (χ2v) is 3.03. The zero-order chi connectivity index (χ0) is 9.42. The van der Waals surface area contributed by atoms with Crippen molar-refractivity contribution in [1.82, 2.24) is 4.98 Å². The predicted octanol–water partition coefficient (Wildman–Crippen LogP) is 2.73. The molecule has 0 aliphatic heterocycles. The Morgan fingerprint density at radius 2 is 2.23 bits per heavy atom. The molecule has 0 aliphatic carbocycles. The van der Waals surface area contributed by atoms with Crippen molar-refractivity contribution in [2.45, 2.75) is 0 Å². The standard InChI is InChI=1S/C8H5ClN2O2/c9-6-3-5-1-2-10-7(5)4-8(6)11(12)13/h1-4,10H. The lowest BCUT2D eigenvalue weighted by molar-refractivity contribution is -0.384. The van der Waals surface area contributed by atoms with Crippen molar-refractivity contribution in [3.63, 3.8) is 0 Å². The summed E-state index contributed by atoms with van der Waals surface area (Å²) < 4.78 is 0. The van der Waals surface area contributed by atoms with Gasteiger partial charge in [0.05, 0.1) is 10.4 Å². The zero-order valence-electron chi connectivity index (χ0n) is 6.45. The summed E-state index contributed by atoms with van der Waals surface area (Å²) in [5, 5.41) is 11.5. The smallest absolute Gasteiger partial charge is 0.289 e. The maximum atomic E-state index is 10.5. The quantitative estimate of drug-likeness (QED) is 0.563. The van der Waals surface area contributed by atoms with Crippen molar-refractivity contribution < 1.29 is 4.92 Å². The van der Waals surface area contributed by atoms with Crippen LogP contribution in [0.4, 0.5) is 5.69 Å². The predicted molar refractivity (Wildman–Crippen MR) is 50.0 cm³/mol. The highest BCUT2D eigenvalue weighted by Gasteiger charge is 2.13. The summed E-state index contributed by atoms with van der Waals surface area (Å²) in [6.07, 6.45) is 1.71. The van der Waals surface area contributed by atoms with E-state index in [-0.39, 0.29) is 10.7 Å². The summed E-state index contributed by atoms with van der Waals surface area (Å²) >= 11 is 5.70. The fraction of sp³-hybridized carbons (Fsp3) is 0. The molecular formula is C8H5ClN2O2. The Morgan fingerprint density at radius 3 is 2.92 bits per heavy atom. The minimum absolute atomic E-state index is 0.0726. The molecule has 0 radical (unpaired) electrons. The Balaban J connectivity index is 2.76. The largest absolute Gasteiger partial charge is 0.361 e. The highest BCUT2D eigenvalue weighted by molar-refractivity contribution is 6.33. The van der Waals surface area contributed by atoms with Gasteiger partial charge in [0.25, 0.3) is 5.69 Å². The molecule has 2 aromatic rings. The van der Waals surface area contributed by atoms with Crippen LogP contribution >= 0.6 is 11.6 Å². The Morgan fingerprint density at radius 1 is 1.46 bits per heavy atom. The Labute approximate surface area is 78.3 Å². The molecule has 13 heavy (non-hydrogen) atoms. The maximum Gasteiger partial charge on any atom is 0.289 e. The maximum absolute atomic E-state index is 10.5. The normalized spacial score (nSPS) is 10.5. The number of nitrogens with zero attached hydrogens (tertiary/aromatic N) is 1. The van der Waals surface area contributed by atoms with Crippen molar-refractivity contribution in [2.24, 2.45) is 0 Å². The molecule has 0 bridgehead atoms. The molecule has 5 heteroatoms. The second-order valence-electron chi connectivity index (χ2n) is 2.63. The zero-order valence-corrected chi connectivity index (χ0v) is 7.21. The molecule has 0 unspecified atom stereocenters. The lowest BCUT2D eigenvalue weighted by Crippen LogP contribution is -1.88. The van der Waals surface area contributed by atoms with Crippen LogP contribution in [0.5, 0.6) is 0 Å². The Hall–Kier alpha value is -1.55. The molecule has 0 fully saturated rings. The number of nitro groups is 1. The van der Waals surface area contributed by atoms with E-state index in [2.05, 4.69) is 4.98 Å². The first-order chi connectivity index (χ1) is 6.18. The molecule has 0 amide bonds. The first-order valence-corrected chi connectivity index (χ1v) is 3.97. The molecule has 1 aromatic heterocycles. The number of rotatable bonds is 1. The van der Waals surface area contributed by atoms with Crippen molar-refractivity contribution in [3.05, 3.63) is 39.5 Å². The average molecular weight is 197 g/mol. The van der Waals surface area contributed by atoms with E-state index < -0.39 is 4.92 Å². The Bertz CT molecular complexity index is 478. The van der Waals surface area contributed by atoms with Crippen LogP contribution in [-0.4, -0.2) is 9.91 Å². The molecule has 0 atom stereocenters. The number of aromatic amines is 1. The number of fused-ring (bicyclic) bond motifs is 1. The van der Waals surface area contributed by atoms with E-state index in [0.29, 0.717) is 0 Å². The first-order valence-electron chi connectivity index (χ1n) is 3.59. The van der Waals surface area contributed by atoms with E-state index in [1.54, 1.807) is 12.3 Å². The third-order valence-corrected chi connectivity index (χ3v) is 2.12. The highest BCUT2D eigenvalue weighted by atomic mass is 35.5. The van der Waals surface area contributed by atoms with Crippen LogP contribution in [0.25, 0.3) is 10.9 Å². The monoisotopic (exact) mass is 196 g/mol. The molecule has 1 N–H and O–H groups in total. The minimum Gasteiger partial charge on any atom is -0.361 e. The summed E-state index contributed by atoms with van der Waals surface area (Å²) in [4.78, 5) is 12.9. The van der Waals surface area contributed by atoms with Gasteiger partial charge in [0, 0.05) is 17.6 Å². The van der Waals surface area contributed by atoms with Gasteiger partial charge in [-0.3, -0.25) is 10.1 Å². The van der Waals surface area contributed by atoms with Gasteiger partial charge < -0.3 is 4.98 Å². The van der Waals surface area contributed by atoms with Crippen LogP contribution < -0.4 is 0 Å². The first kappa shape index (κ1) is 8.07. The highest BCUT2D eigenvalue weighted by Crippen LogP contribution is 2.28. The van der Waals surface area contributed by atoms with E-state index in [9.17, 15) is 10.1 Å². The van der Waals surface area contributed by atoms with Gasteiger partial charge in [-0.05, 0) is 12.1 Å². The van der Waals surface area contributed by atoms with Crippen molar-refractivity contribution >= 4 is 28.2 Å². The van der Waals surface area contributed by atoms with Gasteiger partial charge in [0.2, 0.25) is 0 Å². The number of benzene rings is 1. The summed E-state index contributed by atoms with van der Waals surface area (Å²) in [7, 11) is 0. The minimum atomic E-state index is -0.497. The number of nitrogens with one attached hydrogen (secondary N) is 1. The lowest BCUT2D eigenvalue weighted by atomic mass is 10.2. The van der Waals surface area contributed by atoms with Crippen LogP contribution in [-0.2, 0) is 0 Å². The van der Waals surface area contributed by atoms with Gasteiger partial charge >= 0.3 is 0 Å².